The van der Waals surface area contributed by atoms with E-state index in [9.17, 15) is 4.79 Å². The third kappa shape index (κ3) is 2.48. The first-order chi connectivity index (χ1) is 7.79. The van der Waals surface area contributed by atoms with Crippen molar-refractivity contribution in [3.63, 3.8) is 0 Å². The van der Waals surface area contributed by atoms with Gasteiger partial charge in [0.25, 0.3) is 0 Å². The molecule has 1 aromatic rings. The molecule has 0 saturated carbocycles. The summed E-state index contributed by atoms with van der Waals surface area (Å²) < 4.78 is 5.43. The Morgan fingerprint density at radius 1 is 1.56 bits per heavy atom. The fourth-order valence-corrected chi connectivity index (χ4v) is 1.48. The van der Waals surface area contributed by atoms with E-state index in [2.05, 4.69) is 20.8 Å². The lowest BCUT2D eigenvalue weighted by atomic mass is 10.4. The molecule has 0 bridgehead atoms. The number of piperazine rings is 1. The van der Waals surface area contributed by atoms with Crippen LogP contribution in [0.5, 0.6) is 0 Å². The summed E-state index contributed by atoms with van der Waals surface area (Å²) in [6.07, 6.45) is 0. The maximum Gasteiger partial charge on any atom is 0.318 e. The Hall–Kier alpha value is -1.63. The monoisotopic (exact) mass is 225 g/mol. The topological polar surface area (TPSA) is 83.3 Å². The van der Waals surface area contributed by atoms with Crippen LogP contribution < -0.4 is 15.5 Å². The first-order valence-corrected chi connectivity index (χ1v) is 5.34. The molecule has 0 radical (unpaired) electrons. The lowest BCUT2D eigenvalue weighted by molar-refractivity contribution is -0.120. The molecule has 7 heteroatoms. The van der Waals surface area contributed by atoms with E-state index < -0.39 is 0 Å². The largest absolute Gasteiger partial charge is 0.407 e. The van der Waals surface area contributed by atoms with Crippen molar-refractivity contribution in [2.45, 2.75) is 13.5 Å². The highest BCUT2D eigenvalue weighted by Gasteiger charge is 2.20. The van der Waals surface area contributed by atoms with Crippen LogP contribution in [0.4, 0.5) is 6.01 Å². The van der Waals surface area contributed by atoms with Crippen LogP contribution in [0.15, 0.2) is 4.42 Å². The van der Waals surface area contributed by atoms with Crippen LogP contribution in [-0.2, 0) is 11.3 Å². The van der Waals surface area contributed by atoms with Gasteiger partial charge < -0.3 is 20.0 Å². The van der Waals surface area contributed by atoms with Gasteiger partial charge in [0.2, 0.25) is 11.8 Å². The van der Waals surface area contributed by atoms with Crippen molar-refractivity contribution in [2.75, 3.05) is 31.1 Å². The van der Waals surface area contributed by atoms with Crippen molar-refractivity contribution < 1.29 is 9.21 Å². The highest BCUT2D eigenvalue weighted by Crippen LogP contribution is 2.12. The minimum Gasteiger partial charge on any atom is -0.407 e. The quantitative estimate of drug-likeness (QED) is 0.692. The van der Waals surface area contributed by atoms with Gasteiger partial charge in [0, 0.05) is 13.1 Å². The molecule has 0 aromatic carbocycles. The number of hydrogen-bond donors (Lipinski definition) is 2. The van der Waals surface area contributed by atoms with Gasteiger partial charge in [-0.25, -0.2) is 0 Å². The van der Waals surface area contributed by atoms with Crippen LogP contribution in [0.1, 0.15) is 12.8 Å². The maximum atomic E-state index is 11.2. The molecular formula is C9H15N5O2. The molecule has 1 aliphatic heterocycles. The van der Waals surface area contributed by atoms with Crippen LogP contribution >= 0.6 is 0 Å². The zero-order valence-corrected chi connectivity index (χ0v) is 9.19. The molecule has 7 nitrogen and oxygen atoms in total. The van der Waals surface area contributed by atoms with Gasteiger partial charge in [0.1, 0.15) is 6.54 Å². The second-order valence-electron chi connectivity index (χ2n) is 3.53. The van der Waals surface area contributed by atoms with E-state index in [1.807, 2.05) is 6.92 Å². The average molecular weight is 225 g/mol. The minimum atomic E-state index is -0.0160. The number of nitrogens with zero attached hydrogens (tertiary/aromatic N) is 3. The SMILES string of the molecule is CCNCc1nnc(N2CCNC(=O)C2)o1. The number of carbonyl (C=O) groups is 1. The molecule has 16 heavy (non-hydrogen) atoms. The predicted octanol–water partition coefficient (Wildman–Crippen LogP) is -0.885. The van der Waals surface area contributed by atoms with Crippen molar-refractivity contribution in [1.82, 2.24) is 20.8 Å². The van der Waals surface area contributed by atoms with Gasteiger partial charge in [-0.2, -0.15) is 0 Å². The Labute approximate surface area is 93.2 Å². The van der Waals surface area contributed by atoms with Gasteiger partial charge >= 0.3 is 6.01 Å². The minimum absolute atomic E-state index is 0.0160. The second kappa shape index (κ2) is 4.93. The fraction of sp³-hybridized carbons (Fsp3) is 0.667. The Balaban J connectivity index is 1.97. The van der Waals surface area contributed by atoms with Gasteiger partial charge in [-0.05, 0) is 6.54 Å². The summed E-state index contributed by atoms with van der Waals surface area (Å²) >= 11 is 0. The molecule has 0 aliphatic carbocycles. The zero-order valence-electron chi connectivity index (χ0n) is 9.19. The molecule has 1 saturated heterocycles. The van der Waals surface area contributed by atoms with E-state index in [1.54, 1.807) is 4.90 Å². The standard InChI is InChI=1S/C9H15N5O2/c1-2-10-5-8-12-13-9(16-8)14-4-3-11-7(15)6-14/h10H,2-6H2,1H3,(H,11,15). The number of carbonyl (C=O) groups excluding carboxylic acids is 1. The molecule has 2 N–H and O–H groups in total. The Kier molecular flexibility index (Phi) is 3.35. The molecule has 0 atom stereocenters. The number of nitrogens with one attached hydrogen (secondary N) is 2. The molecule has 2 rings (SSSR count). The predicted molar refractivity (Wildman–Crippen MR) is 56.9 cm³/mol. The van der Waals surface area contributed by atoms with Crippen LogP contribution in [0.2, 0.25) is 0 Å². The summed E-state index contributed by atoms with van der Waals surface area (Å²) in [6, 6.07) is 0.419. The first-order valence-electron chi connectivity index (χ1n) is 5.34. The molecule has 2 heterocycles. The summed E-state index contributed by atoms with van der Waals surface area (Å²) in [5.74, 6) is 0.528. The normalized spacial score (nSPS) is 16.3. The van der Waals surface area contributed by atoms with E-state index >= 15 is 0 Å². The van der Waals surface area contributed by atoms with E-state index in [4.69, 9.17) is 4.42 Å². The van der Waals surface area contributed by atoms with Crippen LogP contribution in [0.25, 0.3) is 0 Å². The smallest absolute Gasteiger partial charge is 0.318 e. The highest BCUT2D eigenvalue weighted by molar-refractivity contribution is 5.81. The molecule has 0 spiro atoms. The van der Waals surface area contributed by atoms with E-state index in [-0.39, 0.29) is 12.5 Å². The molecule has 1 aliphatic rings. The Morgan fingerprint density at radius 3 is 3.19 bits per heavy atom. The molecule has 1 aromatic heterocycles. The third-order valence-electron chi connectivity index (χ3n) is 2.29. The summed E-state index contributed by atoms with van der Waals surface area (Å²) in [5, 5.41) is 13.7. The highest BCUT2D eigenvalue weighted by atomic mass is 16.4. The van der Waals surface area contributed by atoms with Gasteiger partial charge in [-0.1, -0.05) is 12.0 Å². The number of anilines is 1. The van der Waals surface area contributed by atoms with Gasteiger partial charge in [-0.15, -0.1) is 5.10 Å². The number of amides is 1. The summed E-state index contributed by atoms with van der Waals surface area (Å²) in [6.45, 7) is 5.01. The molecule has 0 unspecified atom stereocenters. The molecule has 1 fully saturated rings. The Morgan fingerprint density at radius 2 is 2.44 bits per heavy atom. The average Bonchev–Trinajstić information content (AvgIpc) is 2.75. The number of aromatic nitrogens is 2. The molecule has 1 amide bonds. The van der Waals surface area contributed by atoms with Gasteiger partial charge in [0.15, 0.2) is 0 Å². The van der Waals surface area contributed by atoms with Crippen molar-refractivity contribution in [2.24, 2.45) is 0 Å². The fourth-order valence-electron chi connectivity index (χ4n) is 1.48. The second-order valence-corrected chi connectivity index (χ2v) is 3.53. The van der Waals surface area contributed by atoms with Crippen molar-refractivity contribution >= 4 is 11.9 Å². The number of rotatable bonds is 4. The van der Waals surface area contributed by atoms with E-state index in [0.717, 1.165) is 6.54 Å². The van der Waals surface area contributed by atoms with Gasteiger partial charge in [0.05, 0.1) is 6.54 Å². The molecule has 88 valence electrons. The third-order valence-corrected chi connectivity index (χ3v) is 2.29. The lowest BCUT2D eigenvalue weighted by Gasteiger charge is -2.24. The summed E-state index contributed by atoms with van der Waals surface area (Å²) in [4.78, 5) is 12.9. The first kappa shape index (κ1) is 10.9. The van der Waals surface area contributed by atoms with Crippen LogP contribution in [0.3, 0.4) is 0 Å². The summed E-state index contributed by atoms with van der Waals surface area (Å²) in [5.41, 5.74) is 0. The van der Waals surface area contributed by atoms with Crippen molar-refractivity contribution in [1.29, 1.82) is 0 Å². The van der Waals surface area contributed by atoms with E-state index in [0.29, 0.717) is 31.5 Å². The van der Waals surface area contributed by atoms with Crippen molar-refractivity contribution in [3.8, 4) is 0 Å². The van der Waals surface area contributed by atoms with Crippen LogP contribution in [0, 0.1) is 0 Å². The van der Waals surface area contributed by atoms with Crippen molar-refractivity contribution in [3.05, 3.63) is 5.89 Å². The number of hydrogen-bond acceptors (Lipinski definition) is 6. The maximum absolute atomic E-state index is 11.2. The molecular weight excluding hydrogens is 210 g/mol. The Bertz CT molecular complexity index is 365. The van der Waals surface area contributed by atoms with E-state index in [1.165, 1.54) is 0 Å². The zero-order chi connectivity index (χ0) is 11.4. The lowest BCUT2D eigenvalue weighted by Crippen LogP contribution is -2.47. The van der Waals surface area contributed by atoms with Crippen LogP contribution in [-0.4, -0.2) is 42.3 Å². The van der Waals surface area contributed by atoms with Gasteiger partial charge in [-0.3, -0.25) is 4.79 Å². The summed E-state index contributed by atoms with van der Waals surface area (Å²) in [7, 11) is 0.